The summed E-state index contributed by atoms with van der Waals surface area (Å²) in [7, 11) is 0. The molecule has 122 valence electrons. The van der Waals surface area contributed by atoms with Crippen molar-refractivity contribution in [2.75, 3.05) is 11.9 Å². The quantitative estimate of drug-likeness (QED) is 0.326. The van der Waals surface area contributed by atoms with Crippen LogP contribution in [-0.4, -0.2) is 17.6 Å². The van der Waals surface area contributed by atoms with Gasteiger partial charge in [-0.25, -0.2) is 0 Å². The molecule has 0 heterocycles. The second kappa shape index (κ2) is 8.61. The monoisotopic (exact) mass is 341 g/mol. The minimum Gasteiger partial charge on any atom is -0.508 e. The summed E-state index contributed by atoms with van der Waals surface area (Å²) < 4.78 is 0. The third kappa shape index (κ3) is 5.04. The number of carbonyl (C=O) groups is 1. The van der Waals surface area contributed by atoms with Crippen LogP contribution in [0, 0.1) is 11.3 Å². The zero-order chi connectivity index (χ0) is 17.4. The SMILES string of the molecule is N#C/C(=C/NCCc1ccccc1Cl)C(=O)Nc1ccc(O)cc1. The standard InChI is InChI=1S/C18H16ClN3O2/c19-17-4-2-1-3-13(17)9-10-21-12-14(11-20)18(24)22-15-5-7-16(23)8-6-15/h1-8,12,21,23H,9-10H2,(H,22,24)/b14-12-. The van der Waals surface area contributed by atoms with Crippen LogP contribution in [0.5, 0.6) is 5.75 Å². The number of phenolic OH excluding ortho intramolecular Hbond substituents is 1. The van der Waals surface area contributed by atoms with Gasteiger partial charge in [0.15, 0.2) is 0 Å². The first-order chi connectivity index (χ1) is 11.6. The molecule has 1 amide bonds. The maximum absolute atomic E-state index is 12.0. The number of hydrogen-bond acceptors (Lipinski definition) is 4. The Morgan fingerprint density at radius 3 is 2.58 bits per heavy atom. The van der Waals surface area contributed by atoms with Gasteiger partial charge in [-0.1, -0.05) is 29.8 Å². The van der Waals surface area contributed by atoms with Crippen molar-refractivity contribution >= 4 is 23.2 Å². The smallest absolute Gasteiger partial charge is 0.267 e. The number of nitrogens with zero attached hydrogens (tertiary/aromatic N) is 1. The summed E-state index contributed by atoms with van der Waals surface area (Å²) in [6, 6.07) is 15.4. The highest BCUT2D eigenvalue weighted by Crippen LogP contribution is 2.15. The van der Waals surface area contributed by atoms with Crippen LogP contribution < -0.4 is 10.6 Å². The predicted octanol–water partition coefficient (Wildman–Crippen LogP) is 3.22. The Morgan fingerprint density at radius 1 is 1.21 bits per heavy atom. The fourth-order valence-corrected chi connectivity index (χ4v) is 2.20. The van der Waals surface area contributed by atoms with Gasteiger partial charge in [-0.3, -0.25) is 4.79 Å². The highest BCUT2D eigenvalue weighted by molar-refractivity contribution is 6.31. The Bertz CT molecular complexity index is 780. The van der Waals surface area contributed by atoms with E-state index in [9.17, 15) is 9.90 Å². The lowest BCUT2D eigenvalue weighted by Crippen LogP contribution is -2.18. The van der Waals surface area contributed by atoms with E-state index >= 15 is 0 Å². The van der Waals surface area contributed by atoms with Crippen molar-refractivity contribution in [2.24, 2.45) is 0 Å². The van der Waals surface area contributed by atoms with Gasteiger partial charge in [-0.15, -0.1) is 0 Å². The number of amides is 1. The Labute approximate surface area is 145 Å². The van der Waals surface area contributed by atoms with Gasteiger partial charge in [0.1, 0.15) is 17.4 Å². The fourth-order valence-electron chi connectivity index (χ4n) is 1.97. The molecule has 0 aliphatic heterocycles. The van der Waals surface area contributed by atoms with E-state index in [-0.39, 0.29) is 11.3 Å². The fraction of sp³-hybridized carbons (Fsp3) is 0.111. The molecular weight excluding hydrogens is 326 g/mol. The summed E-state index contributed by atoms with van der Waals surface area (Å²) in [5, 5.41) is 24.5. The van der Waals surface area contributed by atoms with E-state index in [0.717, 1.165) is 5.56 Å². The molecule has 5 nitrogen and oxygen atoms in total. The van der Waals surface area contributed by atoms with Gasteiger partial charge < -0.3 is 15.7 Å². The van der Waals surface area contributed by atoms with E-state index < -0.39 is 5.91 Å². The summed E-state index contributed by atoms with van der Waals surface area (Å²) in [4.78, 5) is 12.0. The first kappa shape index (κ1) is 17.4. The molecule has 0 saturated heterocycles. The number of anilines is 1. The van der Waals surface area contributed by atoms with Gasteiger partial charge in [-0.05, 0) is 42.3 Å². The maximum Gasteiger partial charge on any atom is 0.267 e. The molecule has 2 aromatic rings. The van der Waals surface area contributed by atoms with Crippen LogP contribution in [0.4, 0.5) is 5.69 Å². The Kier molecular flexibility index (Phi) is 6.23. The average Bonchev–Trinajstić information content (AvgIpc) is 2.58. The Balaban J connectivity index is 1.89. The van der Waals surface area contributed by atoms with Crippen molar-refractivity contribution in [1.29, 1.82) is 5.26 Å². The van der Waals surface area contributed by atoms with Gasteiger partial charge >= 0.3 is 0 Å². The third-order valence-corrected chi connectivity index (χ3v) is 3.60. The number of aromatic hydroxyl groups is 1. The molecule has 0 bridgehead atoms. The molecule has 0 fully saturated rings. The molecule has 0 saturated carbocycles. The lowest BCUT2D eigenvalue weighted by Gasteiger charge is -2.06. The normalized spacial score (nSPS) is 10.8. The molecule has 3 N–H and O–H groups in total. The van der Waals surface area contributed by atoms with Crippen LogP contribution >= 0.6 is 11.6 Å². The van der Waals surface area contributed by atoms with Crippen LogP contribution in [-0.2, 0) is 11.2 Å². The molecule has 0 radical (unpaired) electrons. The maximum atomic E-state index is 12.0. The summed E-state index contributed by atoms with van der Waals surface area (Å²) >= 11 is 6.07. The first-order valence-corrected chi connectivity index (χ1v) is 7.65. The van der Waals surface area contributed by atoms with Crippen LogP contribution in [0.2, 0.25) is 5.02 Å². The largest absolute Gasteiger partial charge is 0.508 e. The number of halogens is 1. The molecule has 24 heavy (non-hydrogen) atoms. The van der Waals surface area contributed by atoms with Crippen LogP contribution in [0.3, 0.4) is 0 Å². The van der Waals surface area contributed by atoms with E-state index in [1.165, 1.54) is 18.3 Å². The van der Waals surface area contributed by atoms with Crippen molar-refractivity contribution in [3.8, 4) is 11.8 Å². The predicted molar refractivity (Wildman–Crippen MR) is 93.6 cm³/mol. The van der Waals surface area contributed by atoms with Gasteiger partial charge in [0.25, 0.3) is 5.91 Å². The van der Waals surface area contributed by atoms with E-state index in [2.05, 4.69) is 10.6 Å². The van der Waals surface area contributed by atoms with E-state index in [0.29, 0.717) is 23.7 Å². The van der Waals surface area contributed by atoms with Gasteiger partial charge in [0.05, 0.1) is 0 Å². The summed E-state index contributed by atoms with van der Waals surface area (Å²) in [5.74, 6) is -0.418. The molecule has 6 heteroatoms. The van der Waals surface area contributed by atoms with Crippen LogP contribution in [0.15, 0.2) is 60.3 Å². The number of phenols is 1. The van der Waals surface area contributed by atoms with Crippen molar-refractivity contribution < 1.29 is 9.90 Å². The molecule has 0 atom stereocenters. The van der Waals surface area contributed by atoms with Crippen molar-refractivity contribution in [2.45, 2.75) is 6.42 Å². The summed E-state index contributed by atoms with van der Waals surface area (Å²) in [6.45, 7) is 0.543. The lowest BCUT2D eigenvalue weighted by atomic mass is 10.1. The zero-order valence-electron chi connectivity index (χ0n) is 12.8. The molecule has 2 aromatic carbocycles. The molecule has 0 aliphatic carbocycles. The van der Waals surface area contributed by atoms with E-state index in [1.807, 2.05) is 30.3 Å². The topological polar surface area (TPSA) is 85.2 Å². The van der Waals surface area contributed by atoms with E-state index in [1.54, 1.807) is 12.1 Å². The Hall–Kier alpha value is -2.97. The van der Waals surface area contributed by atoms with Crippen LogP contribution in [0.25, 0.3) is 0 Å². The van der Waals surface area contributed by atoms with Gasteiger partial charge in [0.2, 0.25) is 0 Å². The number of nitriles is 1. The molecule has 0 aliphatic rings. The number of rotatable bonds is 6. The van der Waals surface area contributed by atoms with Gasteiger partial charge in [0, 0.05) is 23.5 Å². The highest BCUT2D eigenvalue weighted by atomic mass is 35.5. The molecule has 0 spiro atoms. The second-order valence-corrected chi connectivity index (χ2v) is 5.37. The van der Waals surface area contributed by atoms with Crippen molar-refractivity contribution in [1.82, 2.24) is 5.32 Å². The number of nitrogens with one attached hydrogen (secondary N) is 2. The third-order valence-electron chi connectivity index (χ3n) is 3.23. The second-order valence-electron chi connectivity index (χ2n) is 4.97. The zero-order valence-corrected chi connectivity index (χ0v) is 13.5. The minimum atomic E-state index is -0.520. The molecule has 0 unspecified atom stereocenters. The average molecular weight is 342 g/mol. The summed E-state index contributed by atoms with van der Waals surface area (Å²) in [6.07, 6.45) is 2.06. The highest BCUT2D eigenvalue weighted by Gasteiger charge is 2.09. The van der Waals surface area contributed by atoms with E-state index in [4.69, 9.17) is 16.9 Å². The van der Waals surface area contributed by atoms with Crippen LogP contribution in [0.1, 0.15) is 5.56 Å². The number of hydrogen-bond donors (Lipinski definition) is 3. The molecular formula is C18H16ClN3O2. The number of benzene rings is 2. The molecule has 2 rings (SSSR count). The van der Waals surface area contributed by atoms with Crippen molar-refractivity contribution in [3.63, 3.8) is 0 Å². The Morgan fingerprint density at radius 2 is 1.92 bits per heavy atom. The molecule has 0 aromatic heterocycles. The minimum absolute atomic E-state index is 0.0396. The summed E-state index contributed by atoms with van der Waals surface area (Å²) in [5.41, 5.74) is 1.45. The van der Waals surface area contributed by atoms with Gasteiger partial charge in [-0.2, -0.15) is 5.26 Å². The lowest BCUT2D eigenvalue weighted by molar-refractivity contribution is -0.112. The first-order valence-electron chi connectivity index (χ1n) is 7.27. The number of carbonyl (C=O) groups excluding carboxylic acids is 1. The van der Waals surface area contributed by atoms with Crippen molar-refractivity contribution in [3.05, 3.63) is 70.9 Å².